The van der Waals surface area contributed by atoms with Gasteiger partial charge in [-0.3, -0.25) is 9.78 Å². The number of pyridine rings is 1. The maximum atomic E-state index is 12.1. The summed E-state index contributed by atoms with van der Waals surface area (Å²) in [4.78, 5) is 28.6. The first kappa shape index (κ1) is 12.3. The Labute approximate surface area is 105 Å². The minimum absolute atomic E-state index is 0.0806. The monoisotopic (exact) mass is 246 g/mol. The van der Waals surface area contributed by atoms with Crippen molar-refractivity contribution in [2.75, 3.05) is 13.1 Å². The Bertz CT molecular complexity index is 523. The van der Waals surface area contributed by atoms with Crippen LogP contribution < -0.4 is 0 Å². The van der Waals surface area contributed by atoms with Gasteiger partial charge < -0.3 is 10.0 Å². The molecule has 94 valence electrons. The minimum Gasteiger partial charge on any atom is -0.478 e. The van der Waals surface area contributed by atoms with Crippen molar-refractivity contribution in [2.24, 2.45) is 0 Å². The first-order chi connectivity index (χ1) is 8.58. The summed E-state index contributed by atoms with van der Waals surface area (Å²) >= 11 is 0. The zero-order valence-electron chi connectivity index (χ0n) is 10.1. The van der Waals surface area contributed by atoms with Gasteiger partial charge in [0.05, 0.1) is 5.56 Å². The molecule has 1 N–H and O–H groups in total. The highest BCUT2D eigenvalue weighted by Crippen LogP contribution is 2.13. The van der Waals surface area contributed by atoms with Crippen molar-refractivity contribution in [3.8, 4) is 0 Å². The molecule has 0 bridgehead atoms. The van der Waals surface area contributed by atoms with Crippen molar-refractivity contribution in [3.05, 3.63) is 41.2 Å². The Morgan fingerprint density at radius 1 is 1.44 bits per heavy atom. The zero-order chi connectivity index (χ0) is 13.1. The number of nitrogens with zero attached hydrogens (tertiary/aromatic N) is 2. The van der Waals surface area contributed by atoms with E-state index in [1.54, 1.807) is 4.90 Å². The summed E-state index contributed by atoms with van der Waals surface area (Å²) in [7, 11) is 0. The summed E-state index contributed by atoms with van der Waals surface area (Å²) in [5, 5.41) is 8.87. The first-order valence-corrected chi connectivity index (χ1v) is 5.72. The van der Waals surface area contributed by atoms with Crippen LogP contribution in [0.25, 0.3) is 0 Å². The number of carbonyl (C=O) groups excluding carboxylic acids is 1. The van der Waals surface area contributed by atoms with E-state index in [9.17, 15) is 9.59 Å². The molecule has 0 saturated heterocycles. The lowest BCUT2D eigenvalue weighted by atomic mass is 10.1. The van der Waals surface area contributed by atoms with Gasteiger partial charge in [0.1, 0.15) is 5.69 Å². The maximum absolute atomic E-state index is 12.1. The van der Waals surface area contributed by atoms with Crippen LogP contribution in [0.4, 0.5) is 0 Å². The fraction of sp³-hybridized carbons (Fsp3) is 0.308. The van der Waals surface area contributed by atoms with E-state index in [1.807, 2.05) is 13.0 Å². The quantitative estimate of drug-likeness (QED) is 0.804. The van der Waals surface area contributed by atoms with Gasteiger partial charge in [-0.05, 0) is 25.5 Å². The van der Waals surface area contributed by atoms with Crippen LogP contribution in [-0.4, -0.2) is 40.0 Å². The summed E-state index contributed by atoms with van der Waals surface area (Å²) in [6.45, 7) is 3.24. The summed E-state index contributed by atoms with van der Waals surface area (Å²) in [5.74, 6) is -1.28. The van der Waals surface area contributed by atoms with Crippen LogP contribution in [0.5, 0.6) is 0 Å². The molecule has 1 aromatic heterocycles. The molecule has 0 radical (unpaired) electrons. The third-order valence-corrected chi connectivity index (χ3v) is 2.95. The van der Waals surface area contributed by atoms with Crippen molar-refractivity contribution in [3.63, 3.8) is 0 Å². The summed E-state index contributed by atoms with van der Waals surface area (Å²) in [6.07, 6.45) is 4.20. The summed E-state index contributed by atoms with van der Waals surface area (Å²) < 4.78 is 0. The van der Waals surface area contributed by atoms with Gasteiger partial charge in [-0.15, -0.1) is 0 Å². The van der Waals surface area contributed by atoms with Gasteiger partial charge in [0.25, 0.3) is 5.91 Å². The van der Waals surface area contributed by atoms with E-state index >= 15 is 0 Å². The van der Waals surface area contributed by atoms with Crippen molar-refractivity contribution in [1.82, 2.24) is 9.88 Å². The van der Waals surface area contributed by atoms with Gasteiger partial charge in [-0.2, -0.15) is 0 Å². The summed E-state index contributed by atoms with van der Waals surface area (Å²) in [5.41, 5.74) is 1.53. The fourth-order valence-corrected chi connectivity index (χ4v) is 1.80. The number of aromatic nitrogens is 1. The average Bonchev–Trinajstić information content (AvgIpc) is 2.39. The van der Waals surface area contributed by atoms with Crippen LogP contribution >= 0.6 is 0 Å². The highest BCUT2D eigenvalue weighted by atomic mass is 16.4. The Morgan fingerprint density at radius 3 is 2.83 bits per heavy atom. The normalized spacial score (nSPS) is 15.2. The molecule has 5 heteroatoms. The van der Waals surface area contributed by atoms with Crippen molar-refractivity contribution in [1.29, 1.82) is 0 Å². The molecule has 2 rings (SSSR count). The molecule has 1 aliphatic rings. The minimum atomic E-state index is -1.05. The Kier molecular flexibility index (Phi) is 3.41. The molecule has 1 aliphatic heterocycles. The van der Waals surface area contributed by atoms with E-state index < -0.39 is 5.97 Å². The van der Waals surface area contributed by atoms with Crippen LogP contribution in [-0.2, 0) is 0 Å². The number of carboxylic acids is 1. The molecule has 0 aromatic carbocycles. The second-order valence-corrected chi connectivity index (χ2v) is 4.29. The van der Waals surface area contributed by atoms with Crippen molar-refractivity contribution in [2.45, 2.75) is 13.3 Å². The molecule has 0 unspecified atom stereocenters. The largest absolute Gasteiger partial charge is 0.478 e. The lowest BCUT2D eigenvalue weighted by Crippen LogP contribution is -2.35. The van der Waals surface area contributed by atoms with Crippen molar-refractivity contribution >= 4 is 11.9 Å². The van der Waals surface area contributed by atoms with Crippen LogP contribution in [0.3, 0.4) is 0 Å². The number of carboxylic acid groups (broad SMARTS) is 1. The van der Waals surface area contributed by atoms with Crippen LogP contribution in [0, 0.1) is 0 Å². The zero-order valence-corrected chi connectivity index (χ0v) is 10.1. The number of amides is 1. The topological polar surface area (TPSA) is 70.5 Å². The van der Waals surface area contributed by atoms with E-state index in [0.29, 0.717) is 13.1 Å². The smallest absolute Gasteiger partial charge is 0.335 e. The number of hydrogen-bond acceptors (Lipinski definition) is 3. The van der Waals surface area contributed by atoms with Gasteiger partial charge in [0.2, 0.25) is 0 Å². The number of rotatable bonds is 2. The van der Waals surface area contributed by atoms with E-state index in [4.69, 9.17) is 5.11 Å². The first-order valence-electron chi connectivity index (χ1n) is 5.72. The molecule has 0 atom stereocenters. The molecular weight excluding hydrogens is 232 g/mol. The molecular formula is C13H14N2O3. The standard InChI is InChI=1S/C13H14N2O3/c1-9-3-6-15(7-4-9)12(16)11-8-10(13(17)18)2-5-14-11/h2-3,5,8H,4,6-7H2,1H3,(H,17,18). The van der Waals surface area contributed by atoms with Gasteiger partial charge in [0.15, 0.2) is 0 Å². The third kappa shape index (κ3) is 2.56. The predicted molar refractivity (Wildman–Crippen MR) is 65.5 cm³/mol. The van der Waals surface area contributed by atoms with Crippen molar-refractivity contribution < 1.29 is 14.7 Å². The second-order valence-electron chi connectivity index (χ2n) is 4.29. The number of aromatic carboxylic acids is 1. The van der Waals surface area contributed by atoms with E-state index in [2.05, 4.69) is 4.98 Å². The fourth-order valence-electron chi connectivity index (χ4n) is 1.80. The van der Waals surface area contributed by atoms with Crippen LogP contribution in [0.1, 0.15) is 34.2 Å². The molecule has 0 saturated carbocycles. The second kappa shape index (κ2) is 5.00. The highest BCUT2D eigenvalue weighted by Gasteiger charge is 2.19. The molecule has 1 aromatic rings. The molecule has 2 heterocycles. The maximum Gasteiger partial charge on any atom is 0.335 e. The van der Waals surface area contributed by atoms with Crippen LogP contribution in [0.15, 0.2) is 30.0 Å². The Balaban J connectivity index is 2.19. The lowest BCUT2D eigenvalue weighted by Gasteiger charge is -2.25. The van der Waals surface area contributed by atoms with E-state index in [0.717, 1.165) is 6.42 Å². The molecule has 0 spiro atoms. The average molecular weight is 246 g/mol. The summed E-state index contributed by atoms with van der Waals surface area (Å²) in [6, 6.07) is 2.69. The van der Waals surface area contributed by atoms with E-state index in [1.165, 1.54) is 23.9 Å². The number of hydrogen-bond donors (Lipinski definition) is 1. The van der Waals surface area contributed by atoms with Gasteiger partial charge >= 0.3 is 5.97 Å². The molecule has 18 heavy (non-hydrogen) atoms. The lowest BCUT2D eigenvalue weighted by molar-refractivity contribution is 0.0696. The van der Waals surface area contributed by atoms with Gasteiger partial charge in [-0.25, -0.2) is 4.79 Å². The molecule has 0 fully saturated rings. The van der Waals surface area contributed by atoms with Crippen LogP contribution in [0.2, 0.25) is 0 Å². The molecule has 1 amide bonds. The Hall–Kier alpha value is -2.17. The molecule has 0 aliphatic carbocycles. The van der Waals surface area contributed by atoms with E-state index in [-0.39, 0.29) is 17.2 Å². The number of carbonyl (C=O) groups is 2. The van der Waals surface area contributed by atoms with Gasteiger partial charge in [-0.1, -0.05) is 11.6 Å². The predicted octanol–water partition coefficient (Wildman–Crippen LogP) is 1.57. The third-order valence-electron chi connectivity index (χ3n) is 2.95. The molecule has 5 nitrogen and oxygen atoms in total. The highest BCUT2D eigenvalue weighted by molar-refractivity contribution is 5.95. The van der Waals surface area contributed by atoms with Gasteiger partial charge in [0, 0.05) is 19.3 Å². The Morgan fingerprint density at radius 2 is 2.22 bits per heavy atom. The SMILES string of the molecule is CC1=CCN(C(=O)c2cc(C(=O)O)ccn2)CC1.